The van der Waals surface area contributed by atoms with Crippen LogP contribution in [0.2, 0.25) is 0 Å². The number of hydrogen-bond acceptors (Lipinski definition) is 2. The largest absolute Gasteiger partial charge is 0.488 e. The zero-order chi connectivity index (χ0) is 16.8. The summed E-state index contributed by atoms with van der Waals surface area (Å²) >= 11 is 17.4. The van der Waals surface area contributed by atoms with Gasteiger partial charge >= 0.3 is 0 Å². The fourth-order valence-corrected chi connectivity index (χ4v) is 4.62. The molecule has 0 bridgehead atoms. The summed E-state index contributed by atoms with van der Waals surface area (Å²) in [4.78, 5) is 0. The van der Waals surface area contributed by atoms with E-state index in [-0.39, 0.29) is 0 Å². The van der Waals surface area contributed by atoms with Gasteiger partial charge in [-0.05, 0) is 75.0 Å². The topological polar surface area (TPSA) is 18.5 Å². The van der Waals surface area contributed by atoms with E-state index in [1.54, 1.807) is 0 Å². The highest BCUT2D eigenvalue weighted by Crippen LogP contribution is 2.42. The molecule has 124 valence electrons. The van der Waals surface area contributed by atoms with E-state index >= 15 is 0 Å². The average Bonchev–Trinajstić information content (AvgIpc) is 2.48. The fraction of sp³-hybridized carbons (Fsp3) is 0.250. The molecule has 0 saturated heterocycles. The predicted molar refractivity (Wildman–Crippen MR) is 112 cm³/mol. The Morgan fingerprint density at radius 1 is 0.783 bits per heavy atom. The van der Waals surface area contributed by atoms with Crippen LogP contribution in [0.3, 0.4) is 0 Å². The van der Waals surface area contributed by atoms with Gasteiger partial charge in [-0.3, -0.25) is 0 Å². The second kappa shape index (κ2) is 9.80. The van der Waals surface area contributed by atoms with E-state index in [1.165, 1.54) is 0 Å². The molecule has 0 aliphatic rings. The quantitative estimate of drug-likeness (QED) is 0.226. The Labute approximate surface area is 178 Å². The minimum Gasteiger partial charge on any atom is -0.488 e. The molecule has 0 heterocycles. The molecule has 7 heteroatoms. The van der Waals surface area contributed by atoms with Crippen molar-refractivity contribution < 1.29 is 9.47 Å². The molecule has 0 spiro atoms. The monoisotopic (exact) mass is 632 g/mol. The number of rotatable bonds is 7. The van der Waals surface area contributed by atoms with Crippen LogP contribution >= 0.6 is 79.6 Å². The minimum atomic E-state index is 0.643. The van der Waals surface area contributed by atoms with Gasteiger partial charge in [-0.15, -0.1) is 0 Å². The van der Waals surface area contributed by atoms with E-state index in [1.807, 2.05) is 30.3 Å². The third-order valence-corrected chi connectivity index (χ3v) is 5.58. The zero-order valence-corrected chi connectivity index (χ0v) is 19.9. The van der Waals surface area contributed by atoms with Crippen LogP contribution in [-0.4, -0.2) is 11.9 Å². The van der Waals surface area contributed by atoms with Crippen molar-refractivity contribution in [1.82, 2.24) is 0 Å². The van der Waals surface area contributed by atoms with Crippen LogP contribution in [-0.2, 0) is 0 Å². The molecule has 2 nitrogen and oxygen atoms in total. The normalized spacial score (nSPS) is 10.7. The van der Waals surface area contributed by atoms with Gasteiger partial charge in [0.2, 0.25) is 0 Å². The number of alkyl halides is 1. The van der Waals surface area contributed by atoms with Gasteiger partial charge in [-0.25, -0.2) is 0 Å². The van der Waals surface area contributed by atoms with Gasteiger partial charge in [0.25, 0.3) is 0 Å². The molecule has 23 heavy (non-hydrogen) atoms. The average molecular weight is 637 g/mol. The lowest BCUT2D eigenvalue weighted by molar-refractivity contribution is 0.293. The summed E-state index contributed by atoms with van der Waals surface area (Å²) in [6.07, 6.45) is 2.05. The van der Waals surface area contributed by atoms with Crippen LogP contribution in [0.5, 0.6) is 17.2 Å². The van der Waals surface area contributed by atoms with Crippen molar-refractivity contribution in [2.75, 3.05) is 11.9 Å². The first-order chi connectivity index (χ1) is 11.0. The second-order valence-electron chi connectivity index (χ2n) is 4.64. The molecule has 2 rings (SSSR count). The Kier molecular flexibility index (Phi) is 8.42. The van der Waals surface area contributed by atoms with Crippen molar-refractivity contribution in [3.8, 4) is 17.2 Å². The van der Waals surface area contributed by atoms with E-state index in [0.717, 1.165) is 41.8 Å². The van der Waals surface area contributed by atoms with Crippen molar-refractivity contribution in [3.05, 3.63) is 48.2 Å². The lowest BCUT2D eigenvalue weighted by atomic mass is 10.3. The van der Waals surface area contributed by atoms with E-state index in [0.29, 0.717) is 18.1 Å². The highest BCUT2D eigenvalue weighted by molar-refractivity contribution is 9.11. The highest BCUT2D eigenvalue weighted by Gasteiger charge is 2.14. The summed E-state index contributed by atoms with van der Waals surface area (Å²) in [5.74, 6) is 2.09. The van der Waals surface area contributed by atoms with Crippen LogP contribution in [0.15, 0.2) is 48.2 Å². The SMILES string of the molecule is BrCCCCOc1c(Br)cc(Br)cc1Oc1ccc(Br)cc1Br. The van der Waals surface area contributed by atoms with E-state index in [2.05, 4.69) is 79.6 Å². The number of benzene rings is 2. The van der Waals surface area contributed by atoms with Crippen molar-refractivity contribution in [1.29, 1.82) is 0 Å². The Morgan fingerprint density at radius 3 is 2.22 bits per heavy atom. The summed E-state index contributed by atoms with van der Waals surface area (Å²) < 4.78 is 15.6. The molecule has 0 radical (unpaired) electrons. The number of hydrogen-bond donors (Lipinski definition) is 0. The molecular weight excluding hydrogens is 624 g/mol. The fourth-order valence-electron chi connectivity index (χ4n) is 1.80. The first kappa shape index (κ1) is 19.8. The van der Waals surface area contributed by atoms with Crippen LogP contribution in [0.25, 0.3) is 0 Å². The van der Waals surface area contributed by atoms with Gasteiger partial charge in [-0.1, -0.05) is 47.8 Å². The molecule has 2 aromatic carbocycles. The predicted octanol–water partition coefficient (Wildman–Crippen LogP) is 8.08. The number of ether oxygens (including phenoxy) is 2. The van der Waals surface area contributed by atoms with Crippen LogP contribution in [0, 0.1) is 0 Å². The number of halogens is 5. The maximum Gasteiger partial charge on any atom is 0.176 e. The standard InChI is InChI=1S/C16H13Br5O2/c17-5-1-2-6-22-16-13(21)8-11(19)9-15(16)23-14-4-3-10(18)7-12(14)20/h3-4,7-9H,1-2,5-6H2. The van der Waals surface area contributed by atoms with E-state index in [4.69, 9.17) is 9.47 Å². The van der Waals surface area contributed by atoms with Gasteiger partial charge in [0.05, 0.1) is 15.6 Å². The van der Waals surface area contributed by atoms with Crippen molar-refractivity contribution in [3.63, 3.8) is 0 Å². The summed E-state index contributed by atoms with van der Waals surface area (Å²) in [5, 5.41) is 0.979. The maximum absolute atomic E-state index is 6.05. The molecule has 0 amide bonds. The van der Waals surface area contributed by atoms with Gasteiger partial charge < -0.3 is 9.47 Å². The molecule has 0 unspecified atom stereocenters. The van der Waals surface area contributed by atoms with Gasteiger partial charge in [-0.2, -0.15) is 0 Å². The smallest absolute Gasteiger partial charge is 0.176 e. The summed E-state index contributed by atoms with van der Waals surface area (Å²) in [6.45, 7) is 0.643. The van der Waals surface area contributed by atoms with Crippen LogP contribution < -0.4 is 9.47 Å². The molecule has 0 aromatic heterocycles. The molecule has 0 aliphatic heterocycles. The number of unbranched alkanes of at least 4 members (excludes halogenated alkanes) is 1. The molecule has 0 saturated carbocycles. The van der Waals surface area contributed by atoms with Crippen molar-refractivity contribution in [2.24, 2.45) is 0 Å². The van der Waals surface area contributed by atoms with Gasteiger partial charge in [0.15, 0.2) is 11.5 Å². The molecule has 0 fully saturated rings. The summed E-state index contributed by atoms with van der Waals surface area (Å²) in [5.41, 5.74) is 0. The maximum atomic E-state index is 6.05. The molecular formula is C16H13Br5O2. The lowest BCUT2D eigenvalue weighted by Gasteiger charge is -2.15. The third kappa shape index (κ3) is 6.03. The first-order valence-electron chi connectivity index (χ1n) is 6.82. The molecule has 0 atom stereocenters. The Bertz CT molecular complexity index is 676. The second-order valence-corrected chi connectivity index (χ2v) is 8.97. The van der Waals surface area contributed by atoms with E-state index in [9.17, 15) is 0 Å². The first-order valence-corrected chi connectivity index (χ1v) is 11.1. The lowest BCUT2D eigenvalue weighted by Crippen LogP contribution is -2.00. The van der Waals surface area contributed by atoms with Crippen molar-refractivity contribution >= 4 is 79.6 Å². The van der Waals surface area contributed by atoms with Gasteiger partial charge in [0.1, 0.15) is 5.75 Å². The molecule has 0 N–H and O–H groups in total. The summed E-state index contributed by atoms with van der Waals surface area (Å²) in [6, 6.07) is 9.63. The Morgan fingerprint density at radius 2 is 1.52 bits per heavy atom. The third-order valence-electron chi connectivity index (χ3n) is 2.86. The Balaban J connectivity index is 2.25. The van der Waals surface area contributed by atoms with Crippen LogP contribution in [0.1, 0.15) is 12.8 Å². The Hall–Kier alpha value is 0.440. The summed E-state index contributed by atoms with van der Waals surface area (Å²) in [7, 11) is 0. The van der Waals surface area contributed by atoms with Crippen molar-refractivity contribution in [2.45, 2.75) is 12.8 Å². The van der Waals surface area contributed by atoms with Gasteiger partial charge in [0, 0.05) is 14.3 Å². The molecule has 0 aliphatic carbocycles. The van der Waals surface area contributed by atoms with E-state index < -0.39 is 0 Å². The molecule has 2 aromatic rings. The zero-order valence-electron chi connectivity index (χ0n) is 11.9. The van der Waals surface area contributed by atoms with Crippen LogP contribution in [0.4, 0.5) is 0 Å². The highest BCUT2D eigenvalue weighted by atomic mass is 79.9. The minimum absolute atomic E-state index is 0.643.